The molecule has 0 fully saturated rings. The highest BCUT2D eigenvalue weighted by Gasteiger charge is 2.15. The van der Waals surface area contributed by atoms with E-state index in [2.05, 4.69) is 85.8 Å². The van der Waals surface area contributed by atoms with Crippen molar-refractivity contribution < 1.29 is 0 Å². The Balaban J connectivity index is 2.08. The summed E-state index contributed by atoms with van der Waals surface area (Å²) in [6.45, 7) is 2.16. The molecule has 1 heterocycles. The van der Waals surface area contributed by atoms with Crippen LogP contribution in [0.3, 0.4) is 0 Å². The molecule has 0 nitrogen and oxygen atoms in total. The smallest absolute Gasteiger partial charge is 0.0433 e. The Labute approximate surface area is 134 Å². The van der Waals surface area contributed by atoms with Gasteiger partial charge in [0, 0.05) is 20.5 Å². The maximum Gasteiger partial charge on any atom is 0.0433 e. The first kappa shape index (κ1) is 13.3. The second-order valence-electron chi connectivity index (χ2n) is 5.54. The Morgan fingerprint density at radius 1 is 0.682 bits per heavy atom. The molecule has 0 radical (unpaired) electrons. The number of aryl methyl sites for hydroxylation is 1. The van der Waals surface area contributed by atoms with Crippen LogP contribution in [-0.2, 0) is 0 Å². The van der Waals surface area contributed by atoms with Crippen LogP contribution in [0.15, 0.2) is 78.9 Å². The first-order chi connectivity index (χ1) is 10.8. The normalized spacial score (nSPS) is 11.0. The van der Waals surface area contributed by atoms with Gasteiger partial charge in [-0.1, -0.05) is 72.3 Å². The van der Waals surface area contributed by atoms with Gasteiger partial charge in [-0.3, -0.25) is 0 Å². The fourth-order valence-electron chi connectivity index (χ4n) is 2.90. The summed E-state index contributed by atoms with van der Waals surface area (Å²) in [4.78, 5) is 1.35. The highest BCUT2D eigenvalue weighted by Crippen LogP contribution is 2.44. The third-order valence-corrected chi connectivity index (χ3v) is 5.16. The number of thiophene rings is 1. The van der Waals surface area contributed by atoms with Crippen molar-refractivity contribution in [3.63, 3.8) is 0 Å². The summed E-state index contributed by atoms with van der Waals surface area (Å²) in [5, 5.41) is 1.36. The van der Waals surface area contributed by atoms with Gasteiger partial charge in [0.2, 0.25) is 0 Å². The molecule has 1 heteroatoms. The fourth-order valence-corrected chi connectivity index (χ4v) is 4.11. The summed E-state index contributed by atoms with van der Waals surface area (Å²) >= 11 is 1.88. The number of fused-ring (bicyclic) bond motifs is 1. The van der Waals surface area contributed by atoms with Gasteiger partial charge in [-0.2, -0.15) is 0 Å². The molecule has 106 valence electrons. The second-order valence-corrected chi connectivity index (χ2v) is 6.59. The van der Waals surface area contributed by atoms with E-state index in [0.29, 0.717) is 0 Å². The molecule has 0 amide bonds. The molecule has 3 aromatic carbocycles. The summed E-state index contributed by atoms with van der Waals surface area (Å²) in [6, 6.07) is 28.2. The highest BCUT2D eigenvalue weighted by molar-refractivity contribution is 7.23. The second kappa shape index (κ2) is 5.43. The molecular weight excluding hydrogens is 284 g/mol. The molecular formula is C21H16S. The van der Waals surface area contributed by atoms with Crippen molar-refractivity contribution in [3.8, 4) is 21.6 Å². The molecule has 0 aliphatic carbocycles. The van der Waals surface area contributed by atoms with Gasteiger partial charge in [0.1, 0.15) is 0 Å². The van der Waals surface area contributed by atoms with Gasteiger partial charge in [0.15, 0.2) is 0 Å². The van der Waals surface area contributed by atoms with Gasteiger partial charge < -0.3 is 0 Å². The maximum atomic E-state index is 2.31. The topological polar surface area (TPSA) is 0 Å². The van der Waals surface area contributed by atoms with Crippen LogP contribution in [0.4, 0.5) is 0 Å². The molecule has 0 N–H and O–H groups in total. The Hall–Kier alpha value is -2.38. The molecule has 1 aromatic heterocycles. The van der Waals surface area contributed by atoms with Crippen LogP contribution in [0.25, 0.3) is 31.7 Å². The average Bonchev–Trinajstić information content (AvgIpc) is 2.95. The van der Waals surface area contributed by atoms with Crippen molar-refractivity contribution in [2.24, 2.45) is 0 Å². The van der Waals surface area contributed by atoms with Crippen molar-refractivity contribution in [2.45, 2.75) is 6.92 Å². The predicted molar refractivity (Wildman–Crippen MR) is 97.4 cm³/mol. The largest absolute Gasteiger partial charge is 0.135 e. The zero-order valence-electron chi connectivity index (χ0n) is 12.4. The summed E-state index contributed by atoms with van der Waals surface area (Å²) in [5.74, 6) is 0. The van der Waals surface area contributed by atoms with Crippen LogP contribution in [0.5, 0.6) is 0 Å². The number of benzene rings is 3. The first-order valence-corrected chi connectivity index (χ1v) is 8.28. The van der Waals surface area contributed by atoms with Gasteiger partial charge in [0.05, 0.1) is 0 Å². The standard InChI is InChI=1S/C21H16S/c1-15-12-13-19-18(14-15)20(16-8-4-2-5-9-16)21(22-19)17-10-6-3-7-11-17/h2-14H,1H3. The molecule has 0 saturated carbocycles. The molecule has 0 atom stereocenters. The minimum Gasteiger partial charge on any atom is -0.135 e. The van der Waals surface area contributed by atoms with E-state index in [1.807, 2.05) is 11.3 Å². The third-order valence-electron chi connectivity index (χ3n) is 3.94. The lowest BCUT2D eigenvalue weighted by Crippen LogP contribution is -1.80. The summed E-state index contributed by atoms with van der Waals surface area (Å²) in [7, 11) is 0. The first-order valence-electron chi connectivity index (χ1n) is 7.47. The zero-order valence-corrected chi connectivity index (χ0v) is 13.2. The molecule has 0 bridgehead atoms. The molecule has 0 unspecified atom stereocenters. The van der Waals surface area contributed by atoms with E-state index in [4.69, 9.17) is 0 Å². The van der Waals surface area contributed by atoms with Crippen LogP contribution in [0, 0.1) is 6.92 Å². The zero-order chi connectivity index (χ0) is 14.9. The van der Waals surface area contributed by atoms with Crippen LogP contribution in [0.2, 0.25) is 0 Å². The molecule has 0 saturated heterocycles. The van der Waals surface area contributed by atoms with Crippen LogP contribution in [-0.4, -0.2) is 0 Å². The van der Waals surface area contributed by atoms with E-state index in [0.717, 1.165) is 0 Å². The molecule has 0 spiro atoms. The van der Waals surface area contributed by atoms with Crippen LogP contribution < -0.4 is 0 Å². The SMILES string of the molecule is Cc1ccc2sc(-c3ccccc3)c(-c3ccccc3)c2c1. The summed E-state index contributed by atoms with van der Waals surface area (Å²) in [6.07, 6.45) is 0. The summed E-state index contributed by atoms with van der Waals surface area (Å²) < 4.78 is 1.35. The minimum atomic E-state index is 1.29. The Kier molecular flexibility index (Phi) is 3.28. The van der Waals surface area contributed by atoms with Gasteiger partial charge >= 0.3 is 0 Å². The van der Waals surface area contributed by atoms with Crippen molar-refractivity contribution >= 4 is 21.4 Å². The van der Waals surface area contributed by atoms with E-state index in [1.165, 1.54) is 37.2 Å². The number of rotatable bonds is 2. The van der Waals surface area contributed by atoms with Crippen LogP contribution >= 0.6 is 11.3 Å². The van der Waals surface area contributed by atoms with Gasteiger partial charge in [-0.25, -0.2) is 0 Å². The quantitative estimate of drug-likeness (QED) is 0.394. The predicted octanol–water partition coefficient (Wildman–Crippen LogP) is 6.54. The number of hydrogen-bond donors (Lipinski definition) is 0. The van der Waals surface area contributed by atoms with Crippen molar-refractivity contribution in [1.82, 2.24) is 0 Å². The Bertz CT molecular complexity index is 918. The maximum absolute atomic E-state index is 2.31. The average molecular weight is 300 g/mol. The lowest BCUT2D eigenvalue weighted by atomic mass is 9.98. The van der Waals surface area contributed by atoms with Gasteiger partial charge in [0.25, 0.3) is 0 Å². The number of hydrogen-bond acceptors (Lipinski definition) is 1. The molecule has 0 aliphatic heterocycles. The van der Waals surface area contributed by atoms with Gasteiger partial charge in [-0.05, 0) is 30.2 Å². The Morgan fingerprint density at radius 2 is 1.32 bits per heavy atom. The van der Waals surface area contributed by atoms with Crippen molar-refractivity contribution in [1.29, 1.82) is 0 Å². The molecule has 4 rings (SSSR count). The van der Waals surface area contributed by atoms with Crippen LogP contribution in [0.1, 0.15) is 5.56 Å². The molecule has 4 aromatic rings. The fraction of sp³-hybridized carbons (Fsp3) is 0.0476. The summed E-state index contributed by atoms with van der Waals surface area (Å²) in [5.41, 5.74) is 5.25. The van der Waals surface area contributed by atoms with E-state index >= 15 is 0 Å². The van der Waals surface area contributed by atoms with E-state index in [1.54, 1.807) is 0 Å². The minimum absolute atomic E-state index is 1.29. The molecule has 0 aliphatic rings. The van der Waals surface area contributed by atoms with E-state index in [9.17, 15) is 0 Å². The van der Waals surface area contributed by atoms with E-state index < -0.39 is 0 Å². The molecule has 22 heavy (non-hydrogen) atoms. The van der Waals surface area contributed by atoms with E-state index in [-0.39, 0.29) is 0 Å². The van der Waals surface area contributed by atoms with Crippen molar-refractivity contribution in [3.05, 3.63) is 84.4 Å². The highest BCUT2D eigenvalue weighted by atomic mass is 32.1. The third kappa shape index (κ3) is 2.24. The Morgan fingerprint density at radius 3 is 2.00 bits per heavy atom. The van der Waals surface area contributed by atoms with Crippen molar-refractivity contribution in [2.75, 3.05) is 0 Å². The van der Waals surface area contributed by atoms with Gasteiger partial charge in [-0.15, -0.1) is 11.3 Å². The lowest BCUT2D eigenvalue weighted by molar-refractivity contribution is 1.51. The monoisotopic (exact) mass is 300 g/mol. The lowest BCUT2D eigenvalue weighted by Gasteiger charge is -2.06.